The van der Waals surface area contributed by atoms with E-state index in [4.69, 9.17) is 0 Å². The lowest BCUT2D eigenvalue weighted by Crippen LogP contribution is -2.37. The van der Waals surface area contributed by atoms with Crippen molar-refractivity contribution in [2.75, 3.05) is 5.32 Å². The van der Waals surface area contributed by atoms with Gasteiger partial charge in [0.1, 0.15) is 6.54 Å². The first kappa shape index (κ1) is 20.7. The maximum Gasteiger partial charge on any atom is 0.332 e. The number of benzene rings is 1. The Kier molecular flexibility index (Phi) is 5.55. The molecule has 0 aliphatic heterocycles. The highest BCUT2D eigenvalue weighted by Crippen LogP contribution is 2.25. The standard InChI is InChI=1S/C21H22N6O3S/c1-4-5-13-6-8-14(9-7-13)15-11-31-20(23-15)24-16(28)10-27-12-22-18-17(27)19(29)26(3)21(30)25(18)2/h6-9,11-12H,4-5,10H2,1-3H3,(H,23,24,28). The summed E-state index contributed by atoms with van der Waals surface area (Å²) in [5.74, 6) is -0.339. The van der Waals surface area contributed by atoms with Gasteiger partial charge in [-0.2, -0.15) is 0 Å². The number of carbonyl (C=O) groups is 1. The molecule has 1 amide bonds. The minimum absolute atomic E-state index is 0.120. The van der Waals surface area contributed by atoms with E-state index in [1.807, 2.05) is 17.5 Å². The molecule has 0 aliphatic carbocycles. The van der Waals surface area contributed by atoms with Crippen LogP contribution in [0.15, 0.2) is 45.6 Å². The number of rotatable bonds is 6. The molecule has 10 heteroatoms. The van der Waals surface area contributed by atoms with E-state index in [1.165, 1.54) is 46.5 Å². The molecule has 3 heterocycles. The number of nitrogens with zero attached hydrogens (tertiary/aromatic N) is 5. The molecule has 160 valence electrons. The minimum atomic E-state index is -0.494. The van der Waals surface area contributed by atoms with E-state index in [-0.39, 0.29) is 23.6 Å². The molecule has 1 N–H and O–H groups in total. The van der Waals surface area contributed by atoms with Gasteiger partial charge in [-0.1, -0.05) is 37.6 Å². The van der Waals surface area contributed by atoms with Gasteiger partial charge in [0, 0.05) is 25.0 Å². The van der Waals surface area contributed by atoms with Crippen LogP contribution in [0.3, 0.4) is 0 Å². The van der Waals surface area contributed by atoms with Gasteiger partial charge < -0.3 is 9.88 Å². The van der Waals surface area contributed by atoms with Crippen LogP contribution in [-0.4, -0.2) is 29.6 Å². The van der Waals surface area contributed by atoms with Crippen molar-refractivity contribution in [3.05, 3.63) is 62.4 Å². The first-order valence-corrected chi connectivity index (χ1v) is 10.7. The van der Waals surface area contributed by atoms with Crippen LogP contribution in [0.25, 0.3) is 22.4 Å². The highest BCUT2D eigenvalue weighted by atomic mass is 32.1. The Morgan fingerprint density at radius 2 is 1.87 bits per heavy atom. The summed E-state index contributed by atoms with van der Waals surface area (Å²) in [5, 5.41) is 5.14. The fourth-order valence-corrected chi connectivity index (χ4v) is 4.16. The molecule has 0 spiro atoms. The monoisotopic (exact) mass is 438 g/mol. The summed E-state index contributed by atoms with van der Waals surface area (Å²) < 4.78 is 3.72. The van der Waals surface area contributed by atoms with Crippen LogP contribution in [0.1, 0.15) is 18.9 Å². The van der Waals surface area contributed by atoms with E-state index in [1.54, 1.807) is 0 Å². The first-order valence-electron chi connectivity index (χ1n) is 9.84. The van der Waals surface area contributed by atoms with Crippen LogP contribution in [0, 0.1) is 0 Å². The zero-order valence-corrected chi connectivity index (χ0v) is 18.3. The van der Waals surface area contributed by atoms with Crippen molar-refractivity contribution < 1.29 is 4.79 Å². The third-order valence-corrected chi connectivity index (χ3v) is 5.83. The van der Waals surface area contributed by atoms with Crippen molar-refractivity contribution in [3.8, 4) is 11.3 Å². The van der Waals surface area contributed by atoms with Crippen LogP contribution in [0.2, 0.25) is 0 Å². The lowest BCUT2D eigenvalue weighted by Gasteiger charge is -2.06. The summed E-state index contributed by atoms with van der Waals surface area (Å²) in [6, 6.07) is 8.25. The molecule has 0 saturated heterocycles. The van der Waals surface area contributed by atoms with Gasteiger partial charge in [-0.3, -0.25) is 18.7 Å². The average molecular weight is 439 g/mol. The Bertz CT molecular complexity index is 1380. The van der Waals surface area contributed by atoms with Crippen molar-refractivity contribution in [1.29, 1.82) is 0 Å². The third-order valence-electron chi connectivity index (χ3n) is 5.07. The number of hydrogen-bond donors (Lipinski definition) is 1. The molecule has 4 rings (SSSR count). The number of carbonyl (C=O) groups excluding carboxylic acids is 1. The zero-order valence-electron chi connectivity index (χ0n) is 17.5. The Morgan fingerprint density at radius 3 is 2.58 bits per heavy atom. The van der Waals surface area contributed by atoms with Gasteiger partial charge >= 0.3 is 5.69 Å². The number of imidazole rings is 1. The number of fused-ring (bicyclic) bond motifs is 1. The highest BCUT2D eigenvalue weighted by molar-refractivity contribution is 7.14. The van der Waals surface area contributed by atoms with E-state index in [0.717, 1.165) is 28.7 Å². The molecule has 9 nitrogen and oxygen atoms in total. The maximum atomic E-state index is 12.6. The highest BCUT2D eigenvalue weighted by Gasteiger charge is 2.16. The molecule has 4 aromatic rings. The molecular formula is C21H22N6O3S. The van der Waals surface area contributed by atoms with E-state index < -0.39 is 11.2 Å². The first-order chi connectivity index (χ1) is 14.9. The Morgan fingerprint density at radius 1 is 1.13 bits per heavy atom. The Hall–Kier alpha value is -3.53. The van der Waals surface area contributed by atoms with Crippen molar-refractivity contribution in [2.24, 2.45) is 14.1 Å². The topological polar surface area (TPSA) is 104 Å². The van der Waals surface area contributed by atoms with E-state index in [0.29, 0.717) is 5.13 Å². The summed E-state index contributed by atoms with van der Waals surface area (Å²) in [7, 11) is 2.93. The lowest BCUT2D eigenvalue weighted by atomic mass is 10.1. The van der Waals surface area contributed by atoms with Crippen LogP contribution in [0.4, 0.5) is 5.13 Å². The smallest absolute Gasteiger partial charge is 0.315 e. The summed E-state index contributed by atoms with van der Waals surface area (Å²) in [5.41, 5.74) is 2.54. The summed E-state index contributed by atoms with van der Waals surface area (Å²) in [6.45, 7) is 2.03. The fraction of sp³-hybridized carbons (Fsp3) is 0.286. The second-order valence-electron chi connectivity index (χ2n) is 7.28. The summed E-state index contributed by atoms with van der Waals surface area (Å²) >= 11 is 1.33. The SMILES string of the molecule is CCCc1ccc(-c2csc(NC(=O)Cn3cnc4c3c(=O)n(C)c(=O)n4C)n2)cc1. The van der Waals surface area contributed by atoms with Crippen molar-refractivity contribution >= 4 is 33.5 Å². The van der Waals surface area contributed by atoms with Gasteiger partial charge in [-0.25, -0.2) is 14.8 Å². The van der Waals surface area contributed by atoms with Gasteiger partial charge in [-0.15, -0.1) is 11.3 Å². The maximum absolute atomic E-state index is 12.6. The number of amides is 1. The second-order valence-corrected chi connectivity index (χ2v) is 8.14. The second kappa shape index (κ2) is 8.31. The van der Waals surface area contributed by atoms with Gasteiger partial charge in [-0.05, 0) is 12.0 Å². The van der Waals surface area contributed by atoms with Crippen LogP contribution >= 0.6 is 11.3 Å². The zero-order chi connectivity index (χ0) is 22.1. The molecule has 0 bridgehead atoms. The Labute approximate surface area is 181 Å². The molecule has 0 aliphatic rings. The predicted molar refractivity (Wildman–Crippen MR) is 120 cm³/mol. The molecule has 31 heavy (non-hydrogen) atoms. The summed E-state index contributed by atoms with van der Waals surface area (Å²) in [6.07, 6.45) is 3.52. The van der Waals surface area contributed by atoms with Crippen LogP contribution in [0.5, 0.6) is 0 Å². The fourth-order valence-electron chi connectivity index (χ4n) is 3.42. The van der Waals surface area contributed by atoms with E-state index >= 15 is 0 Å². The molecule has 0 atom stereocenters. The Balaban J connectivity index is 1.51. The largest absolute Gasteiger partial charge is 0.332 e. The molecule has 3 aromatic heterocycles. The third kappa shape index (κ3) is 3.93. The summed E-state index contributed by atoms with van der Waals surface area (Å²) in [4.78, 5) is 45.7. The van der Waals surface area contributed by atoms with Gasteiger partial charge in [0.2, 0.25) is 5.91 Å². The molecule has 0 unspecified atom stereocenters. The molecule has 0 saturated carbocycles. The van der Waals surface area contributed by atoms with E-state index in [9.17, 15) is 14.4 Å². The van der Waals surface area contributed by atoms with Crippen LogP contribution < -0.4 is 16.6 Å². The number of nitrogens with one attached hydrogen (secondary N) is 1. The van der Waals surface area contributed by atoms with Crippen molar-refractivity contribution in [3.63, 3.8) is 0 Å². The van der Waals surface area contributed by atoms with E-state index in [2.05, 4.69) is 34.3 Å². The molecule has 0 fully saturated rings. The number of thiazole rings is 1. The average Bonchev–Trinajstić information content (AvgIpc) is 3.39. The molecular weight excluding hydrogens is 416 g/mol. The number of hydrogen-bond acceptors (Lipinski definition) is 6. The van der Waals surface area contributed by atoms with Gasteiger partial charge in [0.05, 0.1) is 12.0 Å². The van der Waals surface area contributed by atoms with Gasteiger partial charge in [0.25, 0.3) is 5.56 Å². The minimum Gasteiger partial charge on any atom is -0.315 e. The normalized spacial score (nSPS) is 11.2. The number of aryl methyl sites for hydroxylation is 2. The van der Waals surface area contributed by atoms with Crippen molar-refractivity contribution in [1.82, 2.24) is 23.7 Å². The molecule has 1 aromatic carbocycles. The quantitative estimate of drug-likeness (QED) is 0.497. The predicted octanol–water partition coefficient (Wildman–Crippen LogP) is 2.15. The van der Waals surface area contributed by atoms with Crippen LogP contribution in [-0.2, 0) is 31.9 Å². The lowest BCUT2D eigenvalue weighted by molar-refractivity contribution is -0.116. The van der Waals surface area contributed by atoms with Gasteiger partial charge in [0.15, 0.2) is 16.3 Å². The van der Waals surface area contributed by atoms with Crippen molar-refractivity contribution in [2.45, 2.75) is 26.3 Å². The molecule has 0 radical (unpaired) electrons. The number of aromatic nitrogens is 5. The number of anilines is 1.